The molecule has 0 N–H and O–H groups in total. The molecule has 0 radical (unpaired) electrons. The lowest BCUT2D eigenvalue weighted by atomic mass is 9.95. The fraction of sp³-hybridized carbons (Fsp3) is 0.583. The fourth-order valence-corrected chi connectivity index (χ4v) is 2.05. The van der Waals surface area contributed by atoms with Gasteiger partial charge in [-0.1, -0.05) is 0 Å². The van der Waals surface area contributed by atoms with Crippen molar-refractivity contribution >= 4 is 5.78 Å². The van der Waals surface area contributed by atoms with Crippen molar-refractivity contribution < 1.29 is 9.21 Å². The number of Topliss-reactive ketones (excluding diaryl/α,β-unsaturated/α-hetero) is 1. The number of carbonyl (C=O) groups excluding carboxylic acids is 1. The van der Waals surface area contributed by atoms with E-state index in [9.17, 15) is 4.79 Å². The van der Waals surface area contributed by atoms with Gasteiger partial charge in [-0.05, 0) is 45.1 Å². The van der Waals surface area contributed by atoms with Crippen LogP contribution in [0.4, 0.5) is 0 Å². The van der Waals surface area contributed by atoms with E-state index >= 15 is 0 Å². The summed E-state index contributed by atoms with van der Waals surface area (Å²) >= 11 is 0. The molecule has 3 nitrogen and oxygen atoms in total. The predicted octanol–water partition coefficient (Wildman–Crippen LogP) is 2.29. The molecule has 0 aromatic carbocycles. The molecule has 0 atom stereocenters. The molecule has 2 rings (SSSR count). The Kier molecular flexibility index (Phi) is 2.91. The third-order valence-electron chi connectivity index (χ3n) is 3.09. The molecule has 1 fully saturated rings. The Labute approximate surface area is 90.1 Å². The van der Waals surface area contributed by atoms with Crippen LogP contribution in [0.25, 0.3) is 0 Å². The van der Waals surface area contributed by atoms with Crippen molar-refractivity contribution in [2.75, 3.05) is 20.1 Å². The molecular weight excluding hydrogens is 190 g/mol. The first kappa shape index (κ1) is 10.4. The smallest absolute Gasteiger partial charge is 0.194 e. The fourth-order valence-electron chi connectivity index (χ4n) is 2.05. The molecule has 1 aromatic heterocycles. The van der Waals surface area contributed by atoms with E-state index < -0.39 is 0 Å². The summed E-state index contributed by atoms with van der Waals surface area (Å²) in [7, 11) is 2.14. The SMILES string of the molecule is CC(=O)c1ccc(C2CCN(C)CC2)o1. The molecule has 1 aliphatic heterocycles. The van der Waals surface area contributed by atoms with Crippen molar-refractivity contribution in [2.45, 2.75) is 25.7 Å². The standard InChI is InChI=1S/C12H17NO2/c1-9(14)11-3-4-12(15-11)10-5-7-13(2)8-6-10/h3-4,10H,5-8H2,1-2H3. The molecule has 15 heavy (non-hydrogen) atoms. The Hall–Kier alpha value is -1.09. The topological polar surface area (TPSA) is 33.5 Å². The van der Waals surface area contributed by atoms with Gasteiger partial charge in [0.2, 0.25) is 0 Å². The van der Waals surface area contributed by atoms with Crippen LogP contribution >= 0.6 is 0 Å². The van der Waals surface area contributed by atoms with Gasteiger partial charge in [0.25, 0.3) is 0 Å². The number of hydrogen-bond acceptors (Lipinski definition) is 3. The van der Waals surface area contributed by atoms with Crippen LogP contribution in [0.1, 0.15) is 42.0 Å². The molecule has 0 saturated carbocycles. The van der Waals surface area contributed by atoms with Crippen LogP contribution in [-0.2, 0) is 0 Å². The number of carbonyl (C=O) groups is 1. The predicted molar refractivity (Wildman–Crippen MR) is 58.2 cm³/mol. The van der Waals surface area contributed by atoms with Crippen LogP contribution in [-0.4, -0.2) is 30.8 Å². The molecule has 0 spiro atoms. The molecule has 0 amide bonds. The van der Waals surface area contributed by atoms with Gasteiger partial charge >= 0.3 is 0 Å². The molecule has 1 aromatic rings. The minimum Gasteiger partial charge on any atom is -0.458 e. The summed E-state index contributed by atoms with van der Waals surface area (Å²) < 4.78 is 5.55. The highest BCUT2D eigenvalue weighted by Gasteiger charge is 2.21. The number of likely N-dealkylation sites (tertiary alicyclic amines) is 1. The van der Waals surface area contributed by atoms with Gasteiger partial charge in [0.1, 0.15) is 5.76 Å². The first-order chi connectivity index (χ1) is 7.16. The number of piperidine rings is 1. The maximum Gasteiger partial charge on any atom is 0.194 e. The minimum absolute atomic E-state index is 0.00850. The first-order valence-corrected chi connectivity index (χ1v) is 5.46. The van der Waals surface area contributed by atoms with Crippen LogP contribution in [0, 0.1) is 0 Å². The van der Waals surface area contributed by atoms with E-state index in [1.165, 1.54) is 6.92 Å². The first-order valence-electron chi connectivity index (χ1n) is 5.46. The second-order valence-corrected chi connectivity index (χ2v) is 4.34. The Morgan fingerprint density at radius 1 is 1.40 bits per heavy atom. The maximum absolute atomic E-state index is 11.1. The average Bonchev–Trinajstić information content (AvgIpc) is 2.68. The highest BCUT2D eigenvalue weighted by atomic mass is 16.3. The number of furan rings is 1. The third-order valence-corrected chi connectivity index (χ3v) is 3.09. The zero-order chi connectivity index (χ0) is 10.8. The summed E-state index contributed by atoms with van der Waals surface area (Å²) in [6.45, 7) is 3.76. The van der Waals surface area contributed by atoms with Gasteiger partial charge in [-0.3, -0.25) is 4.79 Å². The van der Waals surface area contributed by atoms with Gasteiger partial charge in [-0.25, -0.2) is 0 Å². The lowest BCUT2D eigenvalue weighted by molar-refractivity contribution is 0.0983. The van der Waals surface area contributed by atoms with Gasteiger partial charge in [-0.15, -0.1) is 0 Å². The Balaban J connectivity index is 2.06. The van der Waals surface area contributed by atoms with Crippen LogP contribution in [0.15, 0.2) is 16.5 Å². The lowest BCUT2D eigenvalue weighted by Gasteiger charge is -2.27. The molecule has 2 heterocycles. The van der Waals surface area contributed by atoms with Crippen molar-refractivity contribution in [3.8, 4) is 0 Å². The normalized spacial score (nSPS) is 19.3. The molecule has 0 aliphatic carbocycles. The van der Waals surface area contributed by atoms with Gasteiger partial charge in [0.15, 0.2) is 11.5 Å². The summed E-state index contributed by atoms with van der Waals surface area (Å²) in [6.07, 6.45) is 2.25. The zero-order valence-electron chi connectivity index (χ0n) is 9.32. The lowest BCUT2D eigenvalue weighted by Crippen LogP contribution is -2.29. The molecular formula is C12H17NO2. The van der Waals surface area contributed by atoms with Crippen LogP contribution in [0.3, 0.4) is 0 Å². The third kappa shape index (κ3) is 2.29. The van der Waals surface area contributed by atoms with Crippen molar-refractivity contribution in [3.05, 3.63) is 23.7 Å². The van der Waals surface area contributed by atoms with Gasteiger partial charge < -0.3 is 9.32 Å². The van der Waals surface area contributed by atoms with E-state index in [-0.39, 0.29) is 5.78 Å². The van der Waals surface area contributed by atoms with Crippen LogP contribution < -0.4 is 0 Å². The van der Waals surface area contributed by atoms with Gasteiger partial charge in [-0.2, -0.15) is 0 Å². The number of ketones is 1. The summed E-state index contributed by atoms with van der Waals surface area (Å²) in [5.74, 6) is 1.97. The van der Waals surface area contributed by atoms with Crippen molar-refractivity contribution in [1.29, 1.82) is 0 Å². The highest BCUT2D eigenvalue weighted by molar-refractivity contribution is 5.91. The summed E-state index contributed by atoms with van der Waals surface area (Å²) in [6, 6.07) is 3.74. The van der Waals surface area contributed by atoms with Crippen LogP contribution in [0.2, 0.25) is 0 Å². The second kappa shape index (κ2) is 4.19. The van der Waals surface area contributed by atoms with Crippen LogP contribution in [0.5, 0.6) is 0 Å². The van der Waals surface area contributed by atoms with E-state index in [0.29, 0.717) is 11.7 Å². The molecule has 0 bridgehead atoms. The monoisotopic (exact) mass is 207 g/mol. The number of hydrogen-bond donors (Lipinski definition) is 0. The summed E-state index contributed by atoms with van der Waals surface area (Å²) in [5.41, 5.74) is 0. The minimum atomic E-state index is 0.00850. The van der Waals surface area contributed by atoms with Crippen molar-refractivity contribution in [3.63, 3.8) is 0 Å². The molecule has 0 unspecified atom stereocenters. The summed E-state index contributed by atoms with van der Waals surface area (Å²) in [5, 5.41) is 0. The Morgan fingerprint density at radius 3 is 2.60 bits per heavy atom. The highest BCUT2D eigenvalue weighted by Crippen LogP contribution is 2.28. The Bertz CT molecular complexity index is 348. The van der Waals surface area contributed by atoms with E-state index in [1.807, 2.05) is 6.07 Å². The second-order valence-electron chi connectivity index (χ2n) is 4.34. The maximum atomic E-state index is 11.1. The van der Waals surface area contributed by atoms with E-state index in [1.54, 1.807) is 6.07 Å². The zero-order valence-corrected chi connectivity index (χ0v) is 9.32. The van der Waals surface area contributed by atoms with Gasteiger partial charge in [0.05, 0.1) is 0 Å². The molecule has 1 aliphatic rings. The average molecular weight is 207 g/mol. The number of rotatable bonds is 2. The van der Waals surface area contributed by atoms with E-state index in [2.05, 4.69) is 11.9 Å². The van der Waals surface area contributed by atoms with E-state index in [0.717, 1.165) is 31.7 Å². The quantitative estimate of drug-likeness (QED) is 0.698. The number of nitrogens with zero attached hydrogens (tertiary/aromatic N) is 1. The molecule has 82 valence electrons. The van der Waals surface area contributed by atoms with Crippen molar-refractivity contribution in [2.24, 2.45) is 0 Å². The largest absolute Gasteiger partial charge is 0.458 e. The van der Waals surface area contributed by atoms with Gasteiger partial charge in [0, 0.05) is 12.8 Å². The molecule has 3 heteroatoms. The molecule has 1 saturated heterocycles. The summed E-state index contributed by atoms with van der Waals surface area (Å²) in [4.78, 5) is 13.4. The van der Waals surface area contributed by atoms with Crippen molar-refractivity contribution in [1.82, 2.24) is 4.90 Å². The Morgan fingerprint density at radius 2 is 2.07 bits per heavy atom. The van der Waals surface area contributed by atoms with E-state index in [4.69, 9.17) is 4.42 Å².